The largest absolute Gasteiger partial charge is 0.375 e. The van der Waals surface area contributed by atoms with Gasteiger partial charge in [-0.2, -0.15) is 5.26 Å². The van der Waals surface area contributed by atoms with Crippen LogP contribution >= 0.6 is 0 Å². The van der Waals surface area contributed by atoms with E-state index in [1.165, 1.54) is 12.8 Å². The van der Waals surface area contributed by atoms with Crippen LogP contribution in [0.25, 0.3) is 0 Å². The quantitative estimate of drug-likeness (QED) is 0.850. The Morgan fingerprint density at radius 1 is 1.24 bits per heavy atom. The first-order valence-corrected chi connectivity index (χ1v) is 8.70. The molecule has 0 bridgehead atoms. The normalized spacial score (nSPS) is 39.7. The van der Waals surface area contributed by atoms with Gasteiger partial charge < -0.3 is 4.74 Å². The first-order valence-electron chi connectivity index (χ1n) is 8.70. The first kappa shape index (κ1) is 16.8. The third-order valence-corrected chi connectivity index (χ3v) is 5.17. The van der Waals surface area contributed by atoms with Gasteiger partial charge in [-0.15, -0.1) is 0 Å². The minimum atomic E-state index is -0.354. The Morgan fingerprint density at radius 3 is 2.62 bits per heavy atom. The van der Waals surface area contributed by atoms with Crippen LogP contribution in [0.3, 0.4) is 0 Å². The van der Waals surface area contributed by atoms with Crippen molar-refractivity contribution in [1.82, 2.24) is 5.32 Å². The highest BCUT2D eigenvalue weighted by Crippen LogP contribution is 2.41. The molecule has 3 heteroatoms. The van der Waals surface area contributed by atoms with Crippen LogP contribution in [-0.2, 0) is 4.74 Å². The van der Waals surface area contributed by atoms with Crippen LogP contribution in [0.5, 0.6) is 0 Å². The van der Waals surface area contributed by atoms with E-state index in [1.54, 1.807) is 0 Å². The Morgan fingerprint density at radius 2 is 2.00 bits per heavy atom. The highest BCUT2D eigenvalue weighted by atomic mass is 16.5. The minimum Gasteiger partial charge on any atom is -0.375 e. The molecule has 4 unspecified atom stereocenters. The summed E-state index contributed by atoms with van der Waals surface area (Å²) in [7, 11) is 0. The van der Waals surface area contributed by atoms with Crippen molar-refractivity contribution in [3.8, 4) is 6.07 Å². The van der Waals surface area contributed by atoms with Gasteiger partial charge in [-0.1, -0.05) is 27.7 Å². The van der Waals surface area contributed by atoms with Crippen LogP contribution in [0.15, 0.2) is 0 Å². The van der Waals surface area contributed by atoms with E-state index in [4.69, 9.17) is 4.74 Å². The van der Waals surface area contributed by atoms with E-state index in [1.807, 2.05) is 0 Å². The number of hydrogen-bond donors (Lipinski definition) is 1. The third-order valence-electron chi connectivity index (χ3n) is 5.17. The smallest absolute Gasteiger partial charge is 0.109 e. The molecule has 0 heterocycles. The lowest BCUT2D eigenvalue weighted by molar-refractivity contribution is -0.0841. The maximum atomic E-state index is 9.55. The standard InChI is InChI=1S/C18H32N2O/c1-5-20-18(13-19)8-6-7-15(12-18)21-16-9-14(2)10-17(3,4)11-16/h14-16,20H,5-12H2,1-4H3. The number of rotatable bonds is 4. The van der Waals surface area contributed by atoms with Crippen molar-refractivity contribution in [3.63, 3.8) is 0 Å². The fourth-order valence-electron chi connectivity index (χ4n) is 4.61. The molecule has 0 aromatic rings. The lowest BCUT2D eigenvalue weighted by atomic mass is 9.71. The zero-order chi connectivity index (χ0) is 15.5. The van der Waals surface area contributed by atoms with E-state index in [9.17, 15) is 5.26 Å². The van der Waals surface area contributed by atoms with Crippen molar-refractivity contribution in [2.24, 2.45) is 11.3 Å². The number of nitrogens with one attached hydrogen (secondary N) is 1. The Bertz CT molecular complexity index is 383. The predicted octanol–water partition coefficient (Wildman–Crippen LogP) is 4.03. The van der Waals surface area contributed by atoms with E-state index in [0.717, 1.165) is 44.6 Å². The second-order valence-corrected chi connectivity index (χ2v) is 8.11. The summed E-state index contributed by atoms with van der Waals surface area (Å²) in [6, 6.07) is 2.52. The summed E-state index contributed by atoms with van der Waals surface area (Å²) in [6.07, 6.45) is 8.30. The Labute approximate surface area is 130 Å². The molecule has 0 amide bonds. The molecular weight excluding hydrogens is 260 g/mol. The number of nitrogens with zero attached hydrogens (tertiary/aromatic N) is 1. The second kappa shape index (κ2) is 6.67. The average Bonchev–Trinajstić information content (AvgIpc) is 2.37. The molecule has 2 aliphatic rings. The van der Waals surface area contributed by atoms with Crippen molar-refractivity contribution in [2.45, 2.75) is 90.4 Å². The molecule has 0 aliphatic heterocycles. The lowest BCUT2D eigenvalue weighted by Crippen LogP contribution is -2.50. The average molecular weight is 292 g/mol. The van der Waals surface area contributed by atoms with Gasteiger partial charge >= 0.3 is 0 Å². The summed E-state index contributed by atoms with van der Waals surface area (Å²) in [5, 5.41) is 13.0. The SMILES string of the molecule is CCNC1(C#N)CCCC(OC2CC(C)CC(C)(C)C2)C1. The molecule has 2 fully saturated rings. The highest BCUT2D eigenvalue weighted by Gasteiger charge is 2.39. The molecule has 0 saturated heterocycles. The summed E-state index contributed by atoms with van der Waals surface area (Å²) in [5.41, 5.74) is 0.0401. The lowest BCUT2D eigenvalue weighted by Gasteiger charge is -2.42. The zero-order valence-electron chi connectivity index (χ0n) is 14.2. The van der Waals surface area contributed by atoms with Crippen LogP contribution in [0, 0.1) is 22.7 Å². The molecule has 120 valence electrons. The molecule has 3 nitrogen and oxygen atoms in total. The molecule has 2 saturated carbocycles. The third kappa shape index (κ3) is 4.44. The van der Waals surface area contributed by atoms with Gasteiger partial charge in [0.15, 0.2) is 0 Å². The maximum absolute atomic E-state index is 9.55. The molecule has 0 spiro atoms. The summed E-state index contributed by atoms with van der Waals surface area (Å²) < 4.78 is 6.45. The van der Waals surface area contributed by atoms with E-state index in [2.05, 4.69) is 39.1 Å². The van der Waals surface area contributed by atoms with Crippen LogP contribution in [-0.4, -0.2) is 24.3 Å². The molecule has 0 aromatic carbocycles. The molecule has 0 aromatic heterocycles. The zero-order valence-corrected chi connectivity index (χ0v) is 14.2. The first-order chi connectivity index (χ1) is 9.88. The van der Waals surface area contributed by atoms with E-state index in [-0.39, 0.29) is 11.6 Å². The summed E-state index contributed by atoms with van der Waals surface area (Å²) >= 11 is 0. The van der Waals surface area contributed by atoms with Gasteiger partial charge in [0.25, 0.3) is 0 Å². The van der Waals surface area contributed by atoms with Crippen LogP contribution in [0.2, 0.25) is 0 Å². The monoisotopic (exact) mass is 292 g/mol. The molecule has 4 atom stereocenters. The summed E-state index contributed by atoms with van der Waals surface area (Å²) in [6.45, 7) is 10.00. The molecule has 1 N–H and O–H groups in total. The van der Waals surface area contributed by atoms with Gasteiger partial charge in [-0.25, -0.2) is 0 Å². The van der Waals surface area contributed by atoms with Gasteiger partial charge in [-0.05, 0) is 56.4 Å². The van der Waals surface area contributed by atoms with Crippen molar-refractivity contribution < 1.29 is 4.74 Å². The fourth-order valence-corrected chi connectivity index (χ4v) is 4.61. The molecule has 21 heavy (non-hydrogen) atoms. The second-order valence-electron chi connectivity index (χ2n) is 8.11. The van der Waals surface area contributed by atoms with Crippen LogP contribution in [0.4, 0.5) is 0 Å². The number of hydrogen-bond acceptors (Lipinski definition) is 3. The summed E-state index contributed by atoms with van der Waals surface area (Å²) in [4.78, 5) is 0. The van der Waals surface area contributed by atoms with Crippen molar-refractivity contribution in [1.29, 1.82) is 5.26 Å². The predicted molar refractivity (Wildman–Crippen MR) is 85.9 cm³/mol. The molecule has 2 aliphatic carbocycles. The maximum Gasteiger partial charge on any atom is 0.109 e. The fraction of sp³-hybridized carbons (Fsp3) is 0.944. The van der Waals surface area contributed by atoms with Crippen molar-refractivity contribution in [2.75, 3.05) is 6.54 Å². The molecular formula is C18H32N2O. The van der Waals surface area contributed by atoms with Gasteiger partial charge in [0, 0.05) is 6.42 Å². The molecule has 2 rings (SSSR count). The van der Waals surface area contributed by atoms with Gasteiger partial charge in [0.1, 0.15) is 5.54 Å². The molecule has 0 radical (unpaired) electrons. The van der Waals surface area contributed by atoms with Gasteiger partial charge in [-0.3, -0.25) is 5.32 Å². The van der Waals surface area contributed by atoms with Crippen LogP contribution < -0.4 is 5.32 Å². The van der Waals surface area contributed by atoms with E-state index < -0.39 is 0 Å². The van der Waals surface area contributed by atoms with Gasteiger partial charge in [0.2, 0.25) is 0 Å². The van der Waals surface area contributed by atoms with E-state index in [0.29, 0.717) is 11.5 Å². The topological polar surface area (TPSA) is 45.0 Å². The van der Waals surface area contributed by atoms with Crippen molar-refractivity contribution >= 4 is 0 Å². The summed E-state index contributed by atoms with van der Waals surface area (Å²) in [5.74, 6) is 0.747. The highest BCUT2D eigenvalue weighted by molar-refractivity contribution is 5.10. The number of nitriles is 1. The minimum absolute atomic E-state index is 0.253. The number of ether oxygens (including phenoxy) is 1. The van der Waals surface area contributed by atoms with Crippen molar-refractivity contribution in [3.05, 3.63) is 0 Å². The van der Waals surface area contributed by atoms with Crippen LogP contribution in [0.1, 0.15) is 72.6 Å². The Hall–Kier alpha value is -0.590. The van der Waals surface area contributed by atoms with Gasteiger partial charge in [0.05, 0.1) is 18.3 Å². The Balaban J connectivity index is 1.95. The Kier molecular flexibility index (Phi) is 5.33. The van der Waals surface area contributed by atoms with E-state index >= 15 is 0 Å².